The quantitative estimate of drug-likeness (QED) is 0.637. The average Bonchev–Trinajstić information content (AvgIpc) is 2.46. The molecule has 1 unspecified atom stereocenters. The zero-order chi connectivity index (χ0) is 13.7. The number of ether oxygens (including phenoxy) is 1. The first kappa shape index (κ1) is 14.6. The zero-order valence-corrected chi connectivity index (χ0v) is 12.2. The van der Waals surface area contributed by atoms with Crippen molar-refractivity contribution in [2.24, 2.45) is 11.8 Å². The molecule has 0 aliphatic heterocycles. The van der Waals surface area contributed by atoms with Gasteiger partial charge in [0.25, 0.3) is 0 Å². The average molecular weight is 283 g/mol. The van der Waals surface area contributed by atoms with Crippen LogP contribution < -0.4 is 16.0 Å². The van der Waals surface area contributed by atoms with Crippen molar-refractivity contribution < 1.29 is 4.74 Å². The Balaban J connectivity index is 2.07. The zero-order valence-electron chi connectivity index (χ0n) is 11.5. The molecule has 1 aromatic rings. The van der Waals surface area contributed by atoms with Crippen LogP contribution in [0.3, 0.4) is 0 Å². The molecular weight excluding hydrogens is 260 g/mol. The van der Waals surface area contributed by atoms with Crippen molar-refractivity contribution in [1.29, 1.82) is 0 Å². The molecule has 4 heteroatoms. The number of nitrogens with two attached hydrogens (primary N) is 1. The number of hydrazine groups is 1. The Morgan fingerprint density at radius 3 is 2.74 bits per heavy atom. The second-order valence-corrected chi connectivity index (χ2v) is 5.76. The van der Waals surface area contributed by atoms with E-state index in [1.54, 1.807) is 7.11 Å². The lowest BCUT2D eigenvalue weighted by molar-refractivity contribution is 0.300. The summed E-state index contributed by atoms with van der Waals surface area (Å²) in [6.07, 6.45) is 7.82. The molecule has 0 radical (unpaired) electrons. The van der Waals surface area contributed by atoms with Crippen LogP contribution in [0, 0.1) is 5.92 Å². The molecule has 1 aliphatic rings. The summed E-state index contributed by atoms with van der Waals surface area (Å²) in [7, 11) is 1.64. The van der Waals surface area contributed by atoms with Gasteiger partial charge in [0.1, 0.15) is 5.75 Å². The lowest BCUT2D eigenvalue weighted by Gasteiger charge is -2.26. The standard InChI is InChI=1S/C15H23ClN2O/c1-19-15-10-12(7-8-13(15)16)14(18-17)9-11-5-3-2-4-6-11/h7-8,10-11,14,18H,2-6,9,17H2,1H3. The molecule has 1 saturated carbocycles. The van der Waals surface area contributed by atoms with Crippen molar-refractivity contribution in [2.45, 2.75) is 44.6 Å². The molecule has 106 valence electrons. The third kappa shape index (κ3) is 3.85. The summed E-state index contributed by atoms with van der Waals surface area (Å²) < 4.78 is 5.27. The molecule has 0 heterocycles. The van der Waals surface area contributed by atoms with Crippen LogP contribution in [-0.4, -0.2) is 7.11 Å². The minimum absolute atomic E-state index is 0.175. The van der Waals surface area contributed by atoms with Crippen molar-refractivity contribution in [3.63, 3.8) is 0 Å². The smallest absolute Gasteiger partial charge is 0.137 e. The first-order valence-electron chi connectivity index (χ1n) is 7.04. The van der Waals surface area contributed by atoms with Crippen LogP contribution >= 0.6 is 11.6 Å². The summed E-state index contributed by atoms with van der Waals surface area (Å²) in [6, 6.07) is 6.06. The van der Waals surface area contributed by atoms with Gasteiger partial charge in [0.15, 0.2) is 0 Å². The number of rotatable bonds is 5. The molecular formula is C15H23ClN2O. The van der Waals surface area contributed by atoms with Crippen LogP contribution in [0.25, 0.3) is 0 Å². The van der Waals surface area contributed by atoms with Crippen LogP contribution in [0.5, 0.6) is 5.75 Å². The van der Waals surface area contributed by atoms with Crippen molar-refractivity contribution in [3.05, 3.63) is 28.8 Å². The summed E-state index contributed by atoms with van der Waals surface area (Å²) in [4.78, 5) is 0. The van der Waals surface area contributed by atoms with E-state index in [1.807, 2.05) is 18.2 Å². The summed E-state index contributed by atoms with van der Waals surface area (Å²) in [5.74, 6) is 7.21. The molecule has 19 heavy (non-hydrogen) atoms. The van der Waals surface area contributed by atoms with E-state index >= 15 is 0 Å². The van der Waals surface area contributed by atoms with Gasteiger partial charge in [-0.15, -0.1) is 0 Å². The number of halogens is 1. The van der Waals surface area contributed by atoms with Gasteiger partial charge in [-0.3, -0.25) is 11.3 Å². The van der Waals surface area contributed by atoms with E-state index in [9.17, 15) is 0 Å². The summed E-state index contributed by atoms with van der Waals surface area (Å²) in [6.45, 7) is 0. The SMILES string of the molecule is COc1cc(C(CC2CCCCC2)NN)ccc1Cl. The molecule has 2 rings (SSSR count). The van der Waals surface area contributed by atoms with E-state index in [-0.39, 0.29) is 6.04 Å². The Morgan fingerprint density at radius 2 is 2.11 bits per heavy atom. The second kappa shape index (κ2) is 7.13. The maximum atomic E-state index is 6.06. The maximum Gasteiger partial charge on any atom is 0.137 e. The van der Waals surface area contributed by atoms with Crippen molar-refractivity contribution >= 4 is 11.6 Å². The van der Waals surface area contributed by atoms with E-state index in [1.165, 1.54) is 32.1 Å². The van der Waals surface area contributed by atoms with Crippen LogP contribution in [0.1, 0.15) is 50.1 Å². The van der Waals surface area contributed by atoms with E-state index in [0.717, 1.165) is 17.9 Å². The maximum absolute atomic E-state index is 6.06. The van der Waals surface area contributed by atoms with Crippen LogP contribution in [0.2, 0.25) is 5.02 Å². The van der Waals surface area contributed by atoms with Gasteiger partial charge in [-0.25, -0.2) is 0 Å². The Hall–Kier alpha value is -0.770. The molecule has 0 saturated heterocycles. The highest BCUT2D eigenvalue weighted by atomic mass is 35.5. The Labute approximate surface area is 120 Å². The molecule has 1 aromatic carbocycles. The first-order chi connectivity index (χ1) is 9.24. The normalized spacial score (nSPS) is 18.3. The van der Waals surface area contributed by atoms with Crippen molar-refractivity contribution in [1.82, 2.24) is 5.43 Å². The monoisotopic (exact) mass is 282 g/mol. The summed E-state index contributed by atoms with van der Waals surface area (Å²) in [5.41, 5.74) is 4.09. The van der Waals surface area contributed by atoms with Gasteiger partial charge < -0.3 is 4.74 Å². The topological polar surface area (TPSA) is 47.3 Å². The predicted molar refractivity (Wildman–Crippen MR) is 79.3 cm³/mol. The lowest BCUT2D eigenvalue weighted by Crippen LogP contribution is -2.30. The van der Waals surface area contributed by atoms with E-state index < -0.39 is 0 Å². The molecule has 3 nitrogen and oxygen atoms in total. The fourth-order valence-electron chi connectivity index (χ4n) is 2.95. The third-order valence-electron chi connectivity index (χ3n) is 4.07. The molecule has 1 aliphatic carbocycles. The predicted octanol–water partition coefficient (Wildman–Crippen LogP) is 3.82. The molecule has 0 aromatic heterocycles. The van der Waals surface area contributed by atoms with Gasteiger partial charge in [-0.05, 0) is 30.0 Å². The fourth-order valence-corrected chi connectivity index (χ4v) is 3.14. The molecule has 1 fully saturated rings. The molecule has 3 N–H and O–H groups in total. The molecule has 1 atom stereocenters. The highest BCUT2D eigenvalue weighted by Crippen LogP contribution is 2.34. The van der Waals surface area contributed by atoms with Gasteiger partial charge in [-0.2, -0.15) is 0 Å². The van der Waals surface area contributed by atoms with Crippen LogP contribution in [0.4, 0.5) is 0 Å². The Kier molecular flexibility index (Phi) is 5.49. The highest BCUT2D eigenvalue weighted by Gasteiger charge is 2.20. The van der Waals surface area contributed by atoms with Crippen LogP contribution in [0.15, 0.2) is 18.2 Å². The fraction of sp³-hybridized carbons (Fsp3) is 0.600. The van der Waals surface area contributed by atoms with Crippen molar-refractivity contribution in [2.75, 3.05) is 7.11 Å². The third-order valence-corrected chi connectivity index (χ3v) is 4.38. The summed E-state index contributed by atoms with van der Waals surface area (Å²) >= 11 is 6.06. The number of hydrogen-bond acceptors (Lipinski definition) is 3. The molecule has 0 amide bonds. The minimum Gasteiger partial charge on any atom is -0.495 e. The highest BCUT2D eigenvalue weighted by molar-refractivity contribution is 6.32. The van der Waals surface area contributed by atoms with Gasteiger partial charge in [0.2, 0.25) is 0 Å². The van der Waals surface area contributed by atoms with Gasteiger partial charge in [0.05, 0.1) is 12.1 Å². The summed E-state index contributed by atoms with van der Waals surface area (Å²) in [5, 5.41) is 0.639. The number of nitrogens with one attached hydrogen (secondary N) is 1. The Bertz CT molecular complexity index is 405. The largest absolute Gasteiger partial charge is 0.495 e. The number of methoxy groups -OCH3 is 1. The van der Waals surface area contributed by atoms with E-state index in [4.69, 9.17) is 22.2 Å². The van der Waals surface area contributed by atoms with Gasteiger partial charge in [-0.1, -0.05) is 49.8 Å². The van der Waals surface area contributed by atoms with Crippen LogP contribution in [-0.2, 0) is 0 Å². The second-order valence-electron chi connectivity index (χ2n) is 5.35. The molecule has 0 spiro atoms. The number of benzene rings is 1. The van der Waals surface area contributed by atoms with Crippen molar-refractivity contribution in [3.8, 4) is 5.75 Å². The van der Waals surface area contributed by atoms with E-state index in [0.29, 0.717) is 10.8 Å². The first-order valence-corrected chi connectivity index (χ1v) is 7.42. The van der Waals surface area contributed by atoms with E-state index in [2.05, 4.69) is 5.43 Å². The lowest BCUT2D eigenvalue weighted by atomic mass is 9.83. The minimum atomic E-state index is 0.175. The number of hydrogen-bond donors (Lipinski definition) is 2. The molecule has 0 bridgehead atoms. The Morgan fingerprint density at radius 1 is 1.37 bits per heavy atom. The van der Waals surface area contributed by atoms with Gasteiger partial charge in [0, 0.05) is 6.04 Å². The van der Waals surface area contributed by atoms with Gasteiger partial charge >= 0.3 is 0 Å².